The Morgan fingerprint density at radius 1 is 1.19 bits per heavy atom. The molecule has 0 bridgehead atoms. The second kappa shape index (κ2) is 11.3. The number of carbonyl (C=O) groups excluding carboxylic acids is 1. The summed E-state index contributed by atoms with van der Waals surface area (Å²) < 4.78 is 10.4. The number of ether oxygens (including phenoxy) is 2. The monoisotopic (exact) mass is 293 g/mol. The molecule has 0 aromatic heterocycles. The van der Waals surface area contributed by atoms with Gasteiger partial charge in [0.05, 0.1) is 13.0 Å². The van der Waals surface area contributed by atoms with Gasteiger partial charge in [0.1, 0.15) is 0 Å². The molecule has 118 valence electrons. The van der Waals surface area contributed by atoms with Crippen molar-refractivity contribution in [3.63, 3.8) is 0 Å². The van der Waals surface area contributed by atoms with Gasteiger partial charge in [-0.25, -0.2) is 0 Å². The number of carbonyl (C=O) groups is 1. The molecule has 21 heavy (non-hydrogen) atoms. The summed E-state index contributed by atoms with van der Waals surface area (Å²) in [6.07, 6.45) is 2.17. The third kappa shape index (κ3) is 8.48. The Hall–Kier alpha value is -1.39. The van der Waals surface area contributed by atoms with Crippen molar-refractivity contribution in [3.05, 3.63) is 35.9 Å². The third-order valence-electron chi connectivity index (χ3n) is 3.15. The number of hydrogen-bond donors (Lipinski definition) is 1. The van der Waals surface area contributed by atoms with E-state index in [1.165, 1.54) is 5.56 Å². The lowest BCUT2D eigenvalue weighted by atomic mass is 10.0. The highest BCUT2D eigenvalue weighted by Gasteiger charge is 2.14. The Kier molecular flexibility index (Phi) is 9.49. The summed E-state index contributed by atoms with van der Waals surface area (Å²) in [5.74, 6) is -0.143. The van der Waals surface area contributed by atoms with Crippen LogP contribution in [0.1, 0.15) is 32.3 Å². The zero-order valence-electron chi connectivity index (χ0n) is 13.1. The van der Waals surface area contributed by atoms with Crippen molar-refractivity contribution in [2.24, 2.45) is 0 Å². The van der Waals surface area contributed by atoms with Crippen molar-refractivity contribution < 1.29 is 14.3 Å². The van der Waals surface area contributed by atoms with Crippen LogP contribution in [0, 0.1) is 0 Å². The number of esters is 1. The number of hydrogen-bond acceptors (Lipinski definition) is 4. The Morgan fingerprint density at radius 2 is 1.95 bits per heavy atom. The van der Waals surface area contributed by atoms with Crippen LogP contribution in [0.4, 0.5) is 0 Å². The maximum absolute atomic E-state index is 11.7. The van der Waals surface area contributed by atoms with Gasteiger partial charge >= 0.3 is 5.97 Å². The van der Waals surface area contributed by atoms with Crippen molar-refractivity contribution in [2.75, 3.05) is 26.4 Å². The van der Waals surface area contributed by atoms with Gasteiger partial charge < -0.3 is 14.8 Å². The topological polar surface area (TPSA) is 47.6 Å². The van der Waals surface area contributed by atoms with Gasteiger partial charge in [-0.2, -0.15) is 0 Å². The molecule has 4 heteroatoms. The molecule has 0 radical (unpaired) electrons. The number of nitrogens with one attached hydrogen (secondary N) is 1. The minimum Gasteiger partial charge on any atom is -0.466 e. The molecule has 0 fully saturated rings. The van der Waals surface area contributed by atoms with E-state index in [9.17, 15) is 4.79 Å². The zero-order chi connectivity index (χ0) is 15.3. The summed E-state index contributed by atoms with van der Waals surface area (Å²) in [5.41, 5.74) is 1.23. The highest BCUT2D eigenvalue weighted by atomic mass is 16.5. The van der Waals surface area contributed by atoms with E-state index < -0.39 is 0 Å². The van der Waals surface area contributed by atoms with Crippen molar-refractivity contribution in [3.8, 4) is 0 Å². The molecule has 1 aromatic rings. The van der Waals surface area contributed by atoms with Gasteiger partial charge in [0.2, 0.25) is 0 Å². The van der Waals surface area contributed by atoms with E-state index >= 15 is 0 Å². The normalized spacial score (nSPS) is 12.1. The van der Waals surface area contributed by atoms with Gasteiger partial charge in [0, 0.05) is 19.3 Å². The van der Waals surface area contributed by atoms with Crippen molar-refractivity contribution in [1.29, 1.82) is 0 Å². The van der Waals surface area contributed by atoms with Gasteiger partial charge in [0.25, 0.3) is 0 Å². The molecule has 1 unspecified atom stereocenters. The van der Waals surface area contributed by atoms with Gasteiger partial charge in [-0.1, -0.05) is 30.3 Å². The fourth-order valence-corrected chi connectivity index (χ4v) is 2.16. The first-order chi connectivity index (χ1) is 10.3. The van der Waals surface area contributed by atoms with Crippen molar-refractivity contribution in [1.82, 2.24) is 5.32 Å². The molecule has 0 saturated carbocycles. The second-order valence-electron chi connectivity index (χ2n) is 4.90. The van der Waals surface area contributed by atoms with E-state index in [0.717, 1.165) is 32.6 Å². The predicted octanol–water partition coefficient (Wildman–Crippen LogP) is 2.57. The van der Waals surface area contributed by atoms with Crippen LogP contribution < -0.4 is 5.32 Å². The Labute approximate surface area is 127 Å². The molecule has 0 aliphatic rings. The van der Waals surface area contributed by atoms with E-state index in [2.05, 4.69) is 17.4 Å². The highest BCUT2D eigenvalue weighted by Crippen LogP contribution is 2.07. The molecule has 0 aliphatic carbocycles. The smallest absolute Gasteiger partial charge is 0.307 e. The Morgan fingerprint density at radius 3 is 2.62 bits per heavy atom. The van der Waals surface area contributed by atoms with Crippen LogP contribution in [-0.4, -0.2) is 38.4 Å². The van der Waals surface area contributed by atoms with Gasteiger partial charge in [0.15, 0.2) is 0 Å². The molecule has 0 heterocycles. The molecule has 0 amide bonds. The summed E-state index contributed by atoms with van der Waals surface area (Å²) in [7, 11) is 0. The molecule has 1 aromatic carbocycles. The first kappa shape index (κ1) is 17.7. The first-order valence-corrected chi connectivity index (χ1v) is 7.77. The maximum Gasteiger partial charge on any atom is 0.307 e. The molecule has 0 spiro atoms. The van der Waals surface area contributed by atoms with Crippen LogP contribution in [0.15, 0.2) is 30.3 Å². The van der Waals surface area contributed by atoms with Crippen LogP contribution in [0.25, 0.3) is 0 Å². The zero-order valence-corrected chi connectivity index (χ0v) is 13.1. The van der Waals surface area contributed by atoms with Crippen LogP contribution in [0.3, 0.4) is 0 Å². The average molecular weight is 293 g/mol. The Bertz CT molecular complexity index is 381. The lowest BCUT2D eigenvalue weighted by Crippen LogP contribution is -2.35. The Balaban J connectivity index is 2.43. The van der Waals surface area contributed by atoms with Crippen LogP contribution in [-0.2, 0) is 20.7 Å². The van der Waals surface area contributed by atoms with E-state index in [4.69, 9.17) is 9.47 Å². The van der Waals surface area contributed by atoms with Crippen LogP contribution >= 0.6 is 0 Å². The lowest BCUT2D eigenvalue weighted by molar-refractivity contribution is -0.143. The minimum atomic E-state index is -0.143. The molecule has 0 aliphatic heterocycles. The van der Waals surface area contributed by atoms with Gasteiger partial charge in [-0.15, -0.1) is 0 Å². The van der Waals surface area contributed by atoms with E-state index in [1.54, 1.807) is 0 Å². The molecular formula is C17H27NO3. The average Bonchev–Trinajstić information content (AvgIpc) is 2.48. The third-order valence-corrected chi connectivity index (χ3v) is 3.15. The van der Waals surface area contributed by atoms with Gasteiger partial charge in [-0.3, -0.25) is 4.79 Å². The van der Waals surface area contributed by atoms with Gasteiger partial charge in [-0.05, 0) is 38.8 Å². The maximum atomic E-state index is 11.7. The first-order valence-electron chi connectivity index (χ1n) is 7.77. The molecule has 1 rings (SSSR count). The molecule has 0 saturated heterocycles. The lowest BCUT2D eigenvalue weighted by Gasteiger charge is -2.18. The van der Waals surface area contributed by atoms with Crippen molar-refractivity contribution in [2.45, 2.75) is 39.2 Å². The molecule has 4 nitrogen and oxygen atoms in total. The van der Waals surface area contributed by atoms with E-state index in [-0.39, 0.29) is 12.0 Å². The summed E-state index contributed by atoms with van der Waals surface area (Å²) >= 11 is 0. The van der Waals surface area contributed by atoms with E-state index in [0.29, 0.717) is 13.0 Å². The molecular weight excluding hydrogens is 266 g/mol. The summed E-state index contributed by atoms with van der Waals surface area (Å²) in [6.45, 7) is 6.60. The fraction of sp³-hybridized carbons (Fsp3) is 0.588. The predicted molar refractivity (Wildman–Crippen MR) is 84.3 cm³/mol. The summed E-state index contributed by atoms with van der Waals surface area (Å²) in [6, 6.07) is 10.3. The minimum absolute atomic E-state index is 0.105. The summed E-state index contributed by atoms with van der Waals surface area (Å²) in [5, 5.41) is 3.44. The van der Waals surface area contributed by atoms with Crippen molar-refractivity contribution >= 4 is 5.97 Å². The number of benzene rings is 1. The standard InChI is InChI=1S/C17H27NO3/c1-3-20-12-8-11-18-16(14-17(19)21-4-2)13-15-9-6-5-7-10-15/h5-7,9-10,16,18H,3-4,8,11-14H2,1-2H3. The van der Waals surface area contributed by atoms with Crippen LogP contribution in [0.2, 0.25) is 0 Å². The van der Waals surface area contributed by atoms with E-state index in [1.807, 2.05) is 32.0 Å². The number of rotatable bonds is 11. The summed E-state index contributed by atoms with van der Waals surface area (Å²) in [4.78, 5) is 11.7. The quantitative estimate of drug-likeness (QED) is 0.503. The fourth-order valence-electron chi connectivity index (χ4n) is 2.16. The second-order valence-corrected chi connectivity index (χ2v) is 4.90. The SMILES string of the molecule is CCOCCCNC(CC(=O)OCC)Cc1ccccc1. The highest BCUT2D eigenvalue weighted by molar-refractivity contribution is 5.70. The largest absolute Gasteiger partial charge is 0.466 e. The molecule has 1 N–H and O–H groups in total. The van der Waals surface area contributed by atoms with Crippen LogP contribution in [0.5, 0.6) is 0 Å². The molecule has 1 atom stereocenters.